The molecule has 1 aliphatic rings. The molecule has 7 nitrogen and oxygen atoms in total. The summed E-state index contributed by atoms with van der Waals surface area (Å²) in [7, 11) is 0. The third-order valence-corrected chi connectivity index (χ3v) is 5.32. The highest BCUT2D eigenvalue weighted by molar-refractivity contribution is 6.04. The number of hydrogen-bond donors (Lipinski definition) is 3. The second kappa shape index (κ2) is 7.03. The lowest BCUT2D eigenvalue weighted by atomic mass is 10.1. The fourth-order valence-electron chi connectivity index (χ4n) is 3.81. The van der Waals surface area contributed by atoms with Crippen LogP contribution >= 0.6 is 0 Å². The summed E-state index contributed by atoms with van der Waals surface area (Å²) in [5.74, 6) is 0.872. The zero-order valence-corrected chi connectivity index (χ0v) is 15.7. The van der Waals surface area contributed by atoms with E-state index in [1.165, 1.54) is 5.56 Å². The van der Waals surface area contributed by atoms with E-state index < -0.39 is 0 Å². The molecule has 2 aromatic heterocycles. The Bertz CT molecular complexity index is 1230. The fraction of sp³-hybridized carbons (Fsp3) is 0.136. The molecular formula is C22H20N6O. The van der Waals surface area contributed by atoms with Gasteiger partial charge in [0.05, 0.1) is 11.9 Å². The maximum Gasteiger partial charge on any atom is 0.157 e. The zero-order chi connectivity index (χ0) is 19.8. The first-order valence-electron chi connectivity index (χ1n) is 9.49. The first kappa shape index (κ1) is 17.4. The van der Waals surface area contributed by atoms with Crippen LogP contribution in [0.25, 0.3) is 16.9 Å². The minimum atomic E-state index is 0.509. The normalized spacial score (nSPS) is 14.4. The molecule has 0 atom stereocenters. The third kappa shape index (κ3) is 3.01. The number of nitrogens with one attached hydrogen (secondary N) is 1. The molecule has 0 saturated carbocycles. The third-order valence-electron chi connectivity index (χ3n) is 5.32. The summed E-state index contributed by atoms with van der Waals surface area (Å²) in [4.78, 5) is 8.98. The van der Waals surface area contributed by atoms with Gasteiger partial charge in [0.25, 0.3) is 0 Å². The molecule has 0 radical (unpaired) electrons. The van der Waals surface area contributed by atoms with Crippen LogP contribution in [0.15, 0.2) is 66.2 Å². The lowest BCUT2D eigenvalue weighted by Crippen LogP contribution is -1.99. The second-order valence-corrected chi connectivity index (χ2v) is 7.06. The van der Waals surface area contributed by atoms with Crippen molar-refractivity contribution < 1.29 is 5.21 Å². The molecule has 144 valence electrons. The first-order chi connectivity index (χ1) is 14.3. The number of aromatic nitrogens is 3. The van der Waals surface area contributed by atoms with Gasteiger partial charge in [-0.2, -0.15) is 0 Å². The number of benzene rings is 2. The van der Waals surface area contributed by atoms with E-state index in [1.807, 2.05) is 47.0 Å². The van der Waals surface area contributed by atoms with Gasteiger partial charge in [-0.05, 0) is 36.1 Å². The summed E-state index contributed by atoms with van der Waals surface area (Å²) in [6.45, 7) is 0.509. The van der Waals surface area contributed by atoms with Crippen LogP contribution in [0, 0.1) is 0 Å². The van der Waals surface area contributed by atoms with Crippen LogP contribution in [0.3, 0.4) is 0 Å². The Morgan fingerprint density at radius 1 is 1.14 bits per heavy atom. The van der Waals surface area contributed by atoms with Crippen molar-refractivity contribution in [2.24, 2.45) is 10.9 Å². The Hall–Kier alpha value is -3.71. The van der Waals surface area contributed by atoms with Gasteiger partial charge in [0.1, 0.15) is 11.5 Å². The smallest absolute Gasteiger partial charge is 0.157 e. The fourth-order valence-corrected chi connectivity index (χ4v) is 3.81. The number of aryl methyl sites for hydroxylation is 1. The number of nitrogens with two attached hydrogens (primary N) is 1. The molecule has 2 heterocycles. The van der Waals surface area contributed by atoms with Gasteiger partial charge >= 0.3 is 0 Å². The summed E-state index contributed by atoms with van der Waals surface area (Å²) in [6.07, 6.45) is 7.01. The maximum atomic E-state index is 9.15. The largest absolute Gasteiger partial charge is 0.411 e. The van der Waals surface area contributed by atoms with Gasteiger partial charge in [-0.1, -0.05) is 35.5 Å². The van der Waals surface area contributed by atoms with Crippen molar-refractivity contribution in [3.8, 4) is 11.3 Å². The summed E-state index contributed by atoms with van der Waals surface area (Å²) in [5, 5.41) is 16.1. The van der Waals surface area contributed by atoms with Crippen LogP contribution in [0.1, 0.15) is 23.1 Å². The quantitative estimate of drug-likeness (QED) is 0.368. The number of hydrogen-bond acceptors (Lipinski definition) is 6. The Morgan fingerprint density at radius 3 is 2.79 bits per heavy atom. The highest BCUT2D eigenvalue weighted by Crippen LogP contribution is 2.33. The van der Waals surface area contributed by atoms with Crippen LogP contribution in [-0.4, -0.2) is 25.3 Å². The average Bonchev–Trinajstić information content (AvgIpc) is 3.35. The van der Waals surface area contributed by atoms with Crippen molar-refractivity contribution in [2.75, 3.05) is 5.32 Å². The van der Waals surface area contributed by atoms with Crippen molar-refractivity contribution in [1.29, 1.82) is 0 Å². The molecule has 1 aliphatic carbocycles. The molecule has 5 rings (SSSR count). The molecule has 0 bridgehead atoms. The first-order valence-corrected chi connectivity index (χ1v) is 9.49. The van der Waals surface area contributed by atoms with Crippen molar-refractivity contribution >= 4 is 22.9 Å². The van der Waals surface area contributed by atoms with E-state index in [0.29, 0.717) is 6.54 Å². The van der Waals surface area contributed by atoms with Gasteiger partial charge in [-0.25, -0.2) is 4.98 Å². The van der Waals surface area contributed by atoms with E-state index >= 15 is 0 Å². The van der Waals surface area contributed by atoms with Crippen LogP contribution in [-0.2, 0) is 13.0 Å². The Labute approximate surface area is 167 Å². The van der Waals surface area contributed by atoms with E-state index in [0.717, 1.165) is 58.1 Å². The molecule has 29 heavy (non-hydrogen) atoms. The van der Waals surface area contributed by atoms with Gasteiger partial charge < -0.3 is 16.3 Å². The monoisotopic (exact) mass is 384 g/mol. The zero-order valence-electron chi connectivity index (χ0n) is 15.7. The Morgan fingerprint density at radius 2 is 2.00 bits per heavy atom. The summed E-state index contributed by atoms with van der Waals surface area (Å²) < 4.78 is 1.99. The van der Waals surface area contributed by atoms with Crippen molar-refractivity contribution in [1.82, 2.24) is 14.4 Å². The molecule has 2 aromatic carbocycles. The minimum absolute atomic E-state index is 0.509. The van der Waals surface area contributed by atoms with Gasteiger partial charge in [0.15, 0.2) is 5.65 Å². The molecule has 0 aliphatic heterocycles. The average molecular weight is 384 g/mol. The molecule has 7 heteroatoms. The number of imidazole rings is 1. The number of rotatable bonds is 4. The van der Waals surface area contributed by atoms with Crippen LogP contribution in [0.5, 0.6) is 0 Å². The molecule has 0 spiro atoms. The molecular weight excluding hydrogens is 364 g/mol. The number of fused-ring (bicyclic) bond motifs is 2. The standard InChI is InChI=1S/C22H20N6O/c23-12-14-1-3-15(4-2-14)21-22(28-10-9-24-13-20(28)26-21)25-17-6-7-18-16(11-17)5-8-19(18)27-29/h1-4,6-7,9-11,13,25,29H,5,8,12,23H2/b27-19+. The summed E-state index contributed by atoms with van der Waals surface area (Å²) in [5.41, 5.74) is 13.3. The Kier molecular flexibility index (Phi) is 4.22. The molecule has 0 amide bonds. The van der Waals surface area contributed by atoms with E-state index in [9.17, 15) is 0 Å². The van der Waals surface area contributed by atoms with Crippen LogP contribution in [0.4, 0.5) is 11.5 Å². The molecule has 4 aromatic rings. The van der Waals surface area contributed by atoms with E-state index in [2.05, 4.69) is 21.5 Å². The Balaban J connectivity index is 1.59. The predicted octanol–water partition coefficient (Wildman–Crippen LogP) is 3.72. The van der Waals surface area contributed by atoms with Crippen molar-refractivity contribution in [3.63, 3.8) is 0 Å². The molecule has 0 unspecified atom stereocenters. The minimum Gasteiger partial charge on any atom is -0.411 e. The van der Waals surface area contributed by atoms with Crippen LogP contribution in [0.2, 0.25) is 0 Å². The SMILES string of the molecule is NCc1ccc(-c2nc3cnccn3c2Nc2ccc3c(c2)CC/C3=N\O)cc1. The lowest BCUT2D eigenvalue weighted by molar-refractivity contribution is 0.318. The van der Waals surface area contributed by atoms with E-state index in [-0.39, 0.29) is 0 Å². The molecule has 4 N–H and O–H groups in total. The lowest BCUT2D eigenvalue weighted by Gasteiger charge is -2.11. The molecule has 0 fully saturated rings. The van der Waals surface area contributed by atoms with Crippen molar-refractivity contribution in [2.45, 2.75) is 19.4 Å². The van der Waals surface area contributed by atoms with E-state index in [1.54, 1.807) is 12.4 Å². The summed E-state index contributed by atoms with van der Waals surface area (Å²) in [6, 6.07) is 14.2. The van der Waals surface area contributed by atoms with Crippen molar-refractivity contribution in [3.05, 3.63) is 77.7 Å². The molecule has 0 saturated heterocycles. The summed E-state index contributed by atoms with van der Waals surface area (Å²) >= 11 is 0. The van der Waals surface area contributed by atoms with Gasteiger partial charge in [-0.15, -0.1) is 0 Å². The predicted molar refractivity (Wildman–Crippen MR) is 113 cm³/mol. The highest BCUT2D eigenvalue weighted by Gasteiger charge is 2.20. The maximum absolute atomic E-state index is 9.15. The van der Waals surface area contributed by atoms with Gasteiger partial charge in [0, 0.05) is 35.8 Å². The van der Waals surface area contributed by atoms with Gasteiger partial charge in [0.2, 0.25) is 0 Å². The topological polar surface area (TPSA) is 101 Å². The van der Waals surface area contributed by atoms with Gasteiger partial charge in [-0.3, -0.25) is 9.38 Å². The van der Waals surface area contributed by atoms with E-state index in [4.69, 9.17) is 15.9 Å². The highest BCUT2D eigenvalue weighted by atomic mass is 16.4. The number of oxime groups is 1. The number of nitrogens with zero attached hydrogens (tertiary/aromatic N) is 4. The second-order valence-electron chi connectivity index (χ2n) is 7.06. The van der Waals surface area contributed by atoms with Crippen LogP contribution < -0.4 is 11.1 Å². The number of anilines is 2.